The van der Waals surface area contributed by atoms with Crippen LogP contribution in [0.15, 0.2) is 18.2 Å². The van der Waals surface area contributed by atoms with Crippen molar-refractivity contribution in [2.45, 2.75) is 6.42 Å². The van der Waals surface area contributed by atoms with Crippen LogP contribution in [-0.2, 0) is 19.8 Å². The van der Waals surface area contributed by atoms with Gasteiger partial charge in [0, 0.05) is 0 Å². The van der Waals surface area contributed by atoms with Gasteiger partial charge >= 0.3 is 19.8 Å². The molecule has 1 aliphatic carbocycles. The average Bonchev–Trinajstić information content (AvgIpc) is 1.76. The van der Waals surface area contributed by atoms with Crippen LogP contribution in [0.1, 0.15) is 6.42 Å². The molecule has 0 aromatic heterocycles. The van der Waals surface area contributed by atoms with Gasteiger partial charge in [-0.05, 0) is 0 Å². The topological polar surface area (TPSA) is 0 Å². The zero-order chi connectivity index (χ0) is 3.54. The van der Waals surface area contributed by atoms with Gasteiger partial charge in [0.2, 0.25) is 0 Å². The van der Waals surface area contributed by atoms with Gasteiger partial charge < -0.3 is 0 Å². The van der Waals surface area contributed by atoms with Gasteiger partial charge in [0.25, 0.3) is 0 Å². The minimum absolute atomic E-state index is 0. The average molecular weight is 417 g/mol. The van der Waals surface area contributed by atoms with Crippen LogP contribution in [0.25, 0.3) is 0 Å². The third-order valence-corrected chi connectivity index (χ3v) is 0.586. The van der Waals surface area contributed by atoms with E-state index in [1.54, 1.807) is 0 Å². The molecule has 0 saturated heterocycles. The molecule has 8 heavy (non-hydrogen) atoms. The van der Waals surface area contributed by atoms with Crippen molar-refractivity contribution >= 4 is 34.0 Å². The quantitative estimate of drug-likeness (QED) is 0.532. The second kappa shape index (κ2) is 11.0. The molecule has 0 heterocycles. The maximum atomic E-state index is 2.99. The Labute approximate surface area is 84.0 Å². The summed E-state index contributed by atoms with van der Waals surface area (Å²) in [5.41, 5.74) is 0. The molecule has 0 bridgehead atoms. The Morgan fingerprint density at radius 1 is 1.25 bits per heavy atom. The molecule has 1 aliphatic rings. The normalized spacial score (nSPS) is 11.0. The maximum Gasteiger partial charge on any atom is 1.00 e. The van der Waals surface area contributed by atoms with Crippen LogP contribution in [0.3, 0.4) is 0 Å². The van der Waals surface area contributed by atoms with Crippen molar-refractivity contribution in [1.29, 1.82) is 0 Å². The first-order valence-corrected chi connectivity index (χ1v) is 1.72. The summed E-state index contributed by atoms with van der Waals surface area (Å²) in [6.07, 6.45) is 10.0. The van der Waals surface area contributed by atoms with Crippen LogP contribution in [0.2, 0.25) is 0 Å². The van der Waals surface area contributed by atoms with E-state index >= 15 is 0 Å². The molecule has 1 radical (unpaired) electrons. The van der Waals surface area contributed by atoms with Crippen LogP contribution in [0.5, 0.6) is 0 Å². The molecule has 49 valence electrons. The monoisotopic (exact) mass is 417 g/mol. The fourth-order valence-electron chi connectivity index (χ4n) is 0.340. The summed E-state index contributed by atoms with van der Waals surface area (Å²) in [4.78, 5) is 0. The van der Waals surface area contributed by atoms with Gasteiger partial charge in [-0.2, -0.15) is 6.08 Å². The van der Waals surface area contributed by atoms with E-state index < -0.39 is 0 Å². The summed E-state index contributed by atoms with van der Waals surface area (Å²) in [5, 5.41) is 0. The van der Waals surface area contributed by atoms with Gasteiger partial charge in [0.1, 0.15) is 0 Å². The van der Waals surface area contributed by atoms with Crippen molar-refractivity contribution < 1.29 is 19.8 Å². The summed E-state index contributed by atoms with van der Waals surface area (Å²) in [6.45, 7) is 0. The van der Waals surface area contributed by atoms with Crippen molar-refractivity contribution in [2.24, 2.45) is 0 Å². The second-order valence-electron chi connectivity index (χ2n) is 1.00. The molecule has 0 N–H and O–H groups in total. The molecule has 0 unspecified atom stereocenters. The van der Waals surface area contributed by atoms with Crippen molar-refractivity contribution in [3.8, 4) is 0 Å². The SMILES string of the molecule is Br.Br.[C-]1=CC=CC1.[Os+]. The number of hydrogen-bond acceptors (Lipinski definition) is 0. The Balaban J connectivity index is -0.0000000833. The number of rotatable bonds is 0. The molecule has 0 aromatic carbocycles. The molecule has 0 spiro atoms. The Morgan fingerprint density at radius 2 is 1.88 bits per heavy atom. The molecule has 1 rings (SSSR count). The standard InChI is InChI=1S/C5H5.2BrH.Os/c1-2-4-5-3-1;;;/h1-3H,4H2;2*1H;/q-1;;;+1. The summed E-state index contributed by atoms with van der Waals surface area (Å²) in [5.74, 6) is 0. The van der Waals surface area contributed by atoms with Crippen LogP contribution in [-0.4, -0.2) is 0 Å². The van der Waals surface area contributed by atoms with Crippen LogP contribution < -0.4 is 0 Å². The van der Waals surface area contributed by atoms with E-state index in [1.165, 1.54) is 0 Å². The largest absolute Gasteiger partial charge is 1.00 e. The number of allylic oxidation sites excluding steroid dienone is 4. The fraction of sp³-hybridized carbons (Fsp3) is 0.200. The van der Waals surface area contributed by atoms with Gasteiger partial charge in [0.05, 0.1) is 0 Å². The van der Waals surface area contributed by atoms with E-state index in [1.807, 2.05) is 12.2 Å². The summed E-state index contributed by atoms with van der Waals surface area (Å²) >= 11 is 0. The molecule has 3 heteroatoms. The molecule has 0 aliphatic heterocycles. The first-order valence-electron chi connectivity index (χ1n) is 1.72. The van der Waals surface area contributed by atoms with Crippen molar-refractivity contribution in [3.63, 3.8) is 0 Å². The molecular weight excluding hydrogens is 410 g/mol. The van der Waals surface area contributed by atoms with Crippen LogP contribution in [0.4, 0.5) is 0 Å². The van der Waals surface area contributed by atoms with Gasteiger partial charge in [-0.1, -0.05) is 0 Å². The van der Waals surface area contributed by atoms with E-state index in [4.69, 9.17) is 0 Å². The Kier molecular flexibility index (Phi) is 22.0. The second-order valence-corrected chi connectivity index (χ2v) is 1.00. The Bertz CT molecular complexity index is 68.5. The Morgan fingerprint density at radius 3 is 2.00 bits per heavy atom. The minimum atomic E-state index is 0. The molecular formula is C5H7Br2Os. The predicted molar refractivity (Wildman–Crippen MR) is 42.2 cm³/mol. The fourth-order valence-corrected chi connectivity index (χ4v) is 0.340. The zero-order valence-corrected chi connectivity index (χ0v) is 10.1. The molecule has 0 saturated carbocycles. The molecule has 0 nitrogen and oxygen atoms in total. The number of hydrogen-bond donors (Lipinski definition) is 0. The molecule has 0 amide bonds. The van der Waals surface area contributed by atoms with E-state index in [-0.39, 0.29) is 53.8 Å². The van der Waals surface area contributed by atoms with E-state index in [2.05, 4.69) is 12.2 Å². The Hall–Kier alpha value is 1.08. The van der Waals surface area contributed by atoms with Crippen LogP contribution >= 0.6 is 34.0 Å². The summed E-state index contributed by atoms with van der Waals surface area (Å²) < 4.78 is 0. The molecule has 0 aromatic rings. The smallest absolute Gasteiger partial charge is 0.273 e. The van der Waals surface area contributed by atoms with Crippen molar-refractivity contribution in [3.05, 3.63) is 24.3 Å². The predicted octanol–water partition coefficient (Wildman–Crippen LogP) is 2.46. The summed E-state index contributed by atoms with van der Waals surface area (Å²) in [7, 11) is 0. The van der Waals surface area contributed by atoms with Crippen LogP contribution in [0, 0.1) is 6.08 Å². The zero-order valence-electron chi connectivity index (χ0n) is 4.11. The van der Waals surface area contributed by atoms with E-state index in [9.17, 15) is 0 Å². The maximum absolute atomic E-state index is 2.99. The van der Waals surface area contributed by atoms with Crippen molar-refractivity contribution in [1.82, 2.24) is 0 Å². The summed E-state index contributed by atoms with van der Waals surface area (Å²) in [6, 6.07) is 0. The molecule has 0 fully saturated rings. The third-order valence-electron chi connectivity index (χ3n) is 0.586. The molecule has 0 atom stereocenters. The van der Waals surface area contributed by atoms with E-state index in [0.29, 0.717) is 0 Å². The van der Waals surface area contributed by atoms with E-state index in [0.717, 1.165) is 6.42 Å². The number of halogens is 2. The van der Waals surface area contributed by atoms with Gasteiger partial charge in [0.15, 0.2) is 0 Å². The van der Waals surface area contributed by atoms with Gasteiger partial charge in [-0.3, -0.25) is 6.08 Å². The third kappa shape index (κ3) is 7.08. The first kappa shape index (κ1) is 16.0. The minimum Gasteiger partial charge on any atom is -0.273 e. The first-order chi connectivity index (χ1) is 2.50. The van der Waals surface area contributed by atoms with Gasteiger partial charge in [-0.15, -0.1) is 40.4 Å². The van der Waals surface area contributed by atoms with Crippen molar-refractivity contribution in [2.75, 3.05) is 0 Å². The van der Waals surface area contributed by atoms with Gasteiger partial charge in [-0.25, -0.2) is 12.2 Å².